The van der Waals surface area contributed by atoms with Gasteiger partial charge < -0.3 is 9.80 Å². The molecule has 2 atom stereocenters. The number of halogens is 2. The number of allylic oxidation sites excluding steroid dienone is 2. The van der Waals surface area contributed by atoms with E-state index in [1.165, 1.54) is 0 Å². The maximum absolute atomic E-state index is 12.2. The van der Waals surface area contributed by atoms with Crippen LogP contribution in [0.2, 0.25) is 0 Å². The summed E-state index contributed by atoms with van der Waals surface area (Å²) in [6, 6.07) is 0.494. The molecular formula is C12H12Cl2N2O2. The van der Waals surface area contributed by atoms with Gasteiger partial charge in [0.1, 0.15) is 21.5 Å². The van der Waals surface area contributed by atoms with Gasteiger partial charge in [0, 0.05) is 25.2 Å². The number of carbonyl (C=O) groups excluding carboxylic acids is 2. The van der Waals surface area contributed by atoms with E-state index in [9.17, 15) is 9.59 Å². The Bertz CT molecular complexity index is 490. The molecule has 0 aromatic carbocycles. The average Bonchev–Trinajstić information content (AvgIpc) is 3.19. The third kappa shape index (κ3) is 1.59. The van der Waals surface area contributed by atoms with Crippen LogP contribution >= 0.6 is 23.2 Å². The van der Waals surface area contributed by atoms with Crippen LogP contribution in [0.3, 0.4) is 0 Å². The summed E-state index contributed by atoms with van der Waals surface area (Å²) < 4.78 is 0. The second-order valence-corrected chi connectivity index (χ2v) is 5.74. The van der Waals surface area contributed by atoms with Crippen molar-refractivity contribution in [2.75, 3.05) is 13.1 Å². The predicted octanol–water partition coefficient (Wildman–Crippen LogP) is 1.45. The normalized spacial score (nSPS) is 31.6. The Kier molecular flexibility index (Phi) is 2.51. The molecule has 0 radical (unpaired) electrons. The summed E-state index contributed by atoms with van der Waals surface area (Å²) in [5.41, 5.74) is 0.523. The molecular weight excluding hydrogens is 275 g/mol. The molecule has 2 fully saturated rings. The minimum absolute atomic E-state index is 0.00264. The van der Waals surface area contributed by atoms with Gasteiger partial charge in [-0.05, 0) is 13.8 Å². The van der Waals surface area contributed by atoms with E-state index in [1.54, 1.807) is 9.80 Å². The van der Waals surface area contributed by atoms with E-state index in [-0.39, 0.29) is 45.1 Å². The van der Waals surface area contributed by atoms with Crippen molar-refractivity contribution in [2.24, 2.45) is 0 Å². The summed E-state index contributed by atoms with van der Waals surface area (Å²) >= 11 is 12.1. The van der Waals surface area contributed by atoms with E-state index in [4.69, 9.17) is 23.2 Å². The summed E-state index contributed by atoms with van der Waals surface area (Å²) in [5.74, 6) is -0.667. The first kappa shape index (κ1) is 12.1. The molecule has 0 saturated carbocycles. The highest BCUT2D eigenvalue weighted by Crippen LogP contribution is 2.40. The molecule has 0 spiro atoms. The topological polar surface area (TPSA) is 40.2 Å². The standard InChI is InChI=1S/C12H12Cl2N2O2/c1-5-3-15(5)9-7(13)12(18)10(8(14)11(9)17)16-4-6(16)2/h5-6H,3-4H2,1-2H3/t5-,6+,15?,16?. The van der Waals surface area contributed by atoms with Crippen molar-refractivity contribution in [2.45, 2.75) is 25.9 Å². The van der Waals surface area contributed by atoms with E-state index in [2.05, 4.69) is 0 Å². The van der Waals surface area contributed by atoms with Crippen molar-refractivity contribution < 1.29 is 9.59 Å². The molecule has 0 aromatic rings. The van der Waals surface area contributed by atoms with Gasteiger partial charge in [-0.25, -0.2) is 0 Å². The number of Topliss-reactive ketones (excluding diaryl/α,β-unsaturated/α-hetero) is 2. The maximum atomic E-state index is 12.2. The fraction of sp³-hybridized carbons (Fsp3) is 0.500. The third-order valence-corrected chi connectivity index (χ3v) is 4.24. The Morgan fingerprint density at radius 1 is 0.889 bits per heavy atom. The summed E-state index contributed by atoms with van der Waals surface area (Å²) in [6.07, 6.45) is 0. The maximum Gasteiger partial charge on any atom is 0.224 e. The van der Waals surface area contributed by atoms with E-state index in [0.717, 1.165) is 13.1 Å². The average molecular weight is 287 g/mol. The van der Waals surface area contributed by atoms with Gasteiger partial charge in [-0.3, -0.25) is 9.59 Å². The molecule has 6 heteroatoms. The number of hydrogen-bond donors (Lipinski definition) is 0. The largest absolute Gasteiger partial charge is 0.360 e. The Labute approximate surface area is 115 Å². The minimum atomic E-state index is -0.334. The van der Waals surface area contributed by atoms with Crippen LogP contribution in [0.1, 0.15) is 13.8 Å². The zero-order valence-corrected chi connectivity index (χ0v) is 11.5. The number of carbonyl (C=O) groups is 2. The highest BCUT2D eigenvalue weighted by atomic mass is 35.5. The number of rotatable bonds is 2. The number of hydrogen-bond acceptors (Lipinski definition) is 4. The van der Waals surface area contributed by atoms with Crippen LogP contribution < -0.4 is 0 Å². The van der Waals surface area contributed by atoms with Crippen molar-refractivity contribution in [1.82, 2.24) is 9.80 Å². The lowest BCUT2D eigenvalue weighted by molar-refractivity contribution is -0.117. The van der Waals surface area contributed by atoms with Crippen LogP contribution in [-0.2, 0) is 9.59 Å². The Morgan fingerprint density at radius 3 is 1.39 bits per heavy atom. The monoisotopic (exact) mass is 286 g/mol. The molecule has 0 unspecified atom stereocenters. The van der Waals surface area contributed by atoms with Crippen LogP contribution in [0.4, 0.5) is 0 Å². The van der Waals surface area contributed by atoms with Gasteiger partial charge in [-0.15, -0.1) is 0 Å². The number of ketones is 2. The quantitative estimate of drug-likeness (QED) is 0.569. The molecule has 0 bridgehead atoms. The van der Waals surface area contributed by atoms with E-state index in [1.807, 2.05) is 13.8 Å². The summed E-state index contributed by atoms with van der Waals surface area (Å²) in [4.78, 5) is 28.0. The SMILES string of the molecule is C[C@@H]1CN1C1=C(Cl)C(=O)C(N2C[C@@H]2C)=C(Cl)C1=O. The molecule has 96 valence electrons. The van der Waals surface area contributed by atoms with Crippen molar-refractivity contribution in [1.29, 1.82) is 0 Å². The highest BCUT2D eigenvalue weighted by molar-refractivity contribution is 6.56. The van der Waals surface area contributed by atoms with Gasteiger partial charge in [-0.1, -0.05) is 23.2 Å². The first-order chi connectivity index (χ1) is 8.43. The first-order valence-corrected chi connectivity index (χ1v) is 6.61. The van der Waals surface area contributed by atoms with Gasteiger partial charge in [-0.2, -0.15) is 0 Å². The van der Waals surface area contributed by atoms with Crippen molar-refractivity contribution in [3.63, 3.8) is 0 Å². The Morgan fingerprint density at radius 2 is 1.17 bits per heavy atom. The van der Waals surface area contributed by atoms with Crippen molar-refractivity contribution >= 4 is 34.8 Å². The fourth-order valence-corrected chi connectivity index (χ4v) is 2.80. The molecule has 2 aliphatic heterocycles. The predicted molar refractivity (Wildman–Crippen MR) is 68.1 cm³/mol. The van der Waals surface area contributed by atoms with Crippen LogP contribution in [-0.4, -0.2) is 46.5 Å². The van der Waals surface area contributed by atoms with Crippen LogP contribution in [0, 0.1) is 0 Å². The molecule has 4 nitrogen and oxygen atoms in total. The second-order valence-electron chi connectivity index (χ2n) is 4.99. The summed E-state index contributed by atoms with van der Waals surface area (Å²) in [6.45, 7) is 5.41. The fourth-order valence-electron chi connectivity index (χ4n) is 2.23. The molecule has 2 heterocycles. The Balaban J connectivity index is 2.00. The molecule has 2 saturated heterocycles. The smallest absolute Gasteiger partial charge is 0.224 e. The lowest BCUT2D eigenvalue weighted by Crippen LogP contribution is -2.28. The highest BCUT2D eigenvalue weighted by Gasteiger charge is 2.47. The molecule has 0 amide bonds. The van der Waals surface area contributed by atoms with E-state index < -0.39 is 0 Å². The van der Waals surface area contributed by atoms with Crippen molar-refractivity contribution in [3.05, 3.63) is 21.5 Å². The molecule has 18 heavy (non-hydrogen) atoms. The van der Waals surface area contributed by atoms with Gasteiger partial charge in [0.05, 0.1) is 0 Å². The van der Waals surface area contributed by atoms with Crippen molar-refractivity contribution in [3.8, 4) is 0 Å². The zero-order chi connectivity index (χ0) is 13.2. The van der Waals surface area contributed by atoms with Crippen LogP contribution in [0.15, 0.2) is 21.5 Å². The summed E-state index contributed by atoms with van der Waals surface area (Å²) in [7, 11) is 0. The van der Waals surface area contributed by atoms with Gasteiger partial charge >= 0.3 is 0 Å². The molecule has 0 N–H and O–H groups in total. The van der Waals surface area contributed by atoms with Gasteiger partial charge in [0.15, 0.2) is 0 Å². The lowest BCUT2D eigenvalue weighted by Gasteiger charge is -2.20. The third-order valence-electron chi connectivity index (χ3n) is 3.54. The molecule has 3 rings (SSSR count). The molecule has 1 aliphatic carbocycles. The second kappa shape index (κ2) is 3.75. The lowest BCUT2D eigenvalue weighted by atomic mass is 10.1. The zero-order valence-electron chi connectivity index (χ0n) is 10.0. The van der Waals surface area contributed by atoms with Crippen LogP contribution in [0.5, 0.6) is 0 Å². The Hall–Kier alpha value is -1.00. The molecule has 0 aromatic heterocycles. The number of nitrogens with zero attached hydrogens (tertiary/aromatic N) is 2. The first-order valence-electron chi connectivity index (χ1n) is 5.85. The molecule has 3 aliphatic rings. The van der Waals surface area contributed by atoms with E-state index >= 15 is 0 Å². The van der Waals surface area contributed by atoms with Gasteiger partial charge in [0.25, 0.3) is 0 Å². The van der Waals surface area contributed by atoms with Gasteiger partial charge in [0.2, 0.25) is 11.6 Å². The summed E-state index contributed by atoms with van der Waals surface area (Å²) in [5, 5.41) is 0.00528. The van der Waals surface area contributed by atoms with E-state index in [0.29, 0.717) is 0 Å². The minimum Gasteiger partial charge on any atom is -0.360 e. The van der Waals surface area contributed by atoms with Crippen LogP contribution in [0.25, 0.3) is 0 Å².